The fraction of sp³-hybridized carbons (Fsp3) is 0.805. The van der Waals surface area contributed by atoms with Crippen molar-refractivity contribution in [1.82, 2.24) is 47.9 Å². The van der Waals surface area contributed by atoms with Crippen molar-refractivity contribution in [3.8, 4) is 0 Å². The summed E-state index contributed by atoms with van der Waals surface area (Å²) in [5.41, 5.74) is 0. The van der Waals surface area contributed by atoms with E-state index < -0.39 is 0 Å². The zero-order valence-corrected chi connectivity index (χ0v) is 42.2. The van der Waals surface area contributed by atoms with Gasteiger partial charge < -0.3 is 47.9 Å². The van der Waals surface area contributed by atoms with Crippen molar-refractivity contribution in [2.24, 2.45) is 0 Å². The van der Waals surface area contributed by atoms with Gasteiger partial charge in [-0.2, -0.15) is 0 Å². The second kappa shape index (κ2) is 70.0. The van der Waals surface area contributed by atoms with Gasteiger partial charge in [-0.05, 0) is 52.7 Å². The smallest absolute Gasteiger partial charge is 0.217 e. The van der Waals surface area contributed by atoms with Crippen molar-refractivity contribution in [2.45, 2.75) is 148 Å². The Morgan fingerprint density at radius 3 is 0.850 bits per heavy atom. The third-order valence-electron chi connectivity index (χ3n) is 5.73. The summed E-state index contributed by atoms with van der Waals surface area (Å²) in [5.74, 6) is 1.79. The molecule has 0 saturated heterocycles. The summed E-state index contributed by atoms with van der Waals surface area (Å²) >= 11 is 3.20. The van der Waals surface area contributed by atoms with Crippen LogP contribution in [0.2, 0.25) is 0 Å². The fourth-order valence-corrected chi connectivity index (χ4v) is 3.67. The van der Waals surface area contributed by atoms with Gasteiger partial charge in [0.1, 0.15) is 0 Å². The lowest BCUT2D eigenvalue weighted by atomic mass is 10.1. The van der Waals surface area contributed by atoms with E-state index in [9.17, 15) is 38.4 Å². The number of amides is 8. The van der Waals surface area contributed by atoms with Gasteiger partial charge in [0.15, 0.2) is 0 Å². The number of hydrogen-bond donors (Lipinski definition) is 9. The monoisotopic (exact) mass is 902 g/mol. The number of carbonyl (C=O) groups is 8. The quantitative estimate of drug-likeness (QED) is 0.0612. The highest BCUT2D eigenvalue weighted by Crippen LogP contribution is 2.03. The van der Waals surface area contributed by atoms with Crippen LogP contribution in [-0.2, 0) is 38.4 Å². The molecule has 0 bridgehead atoms. The molecule has 0 fully saturated rings. The van der Waals surface area contributed by atoms with E-state index in [4.69, 9.17) is 0 Å². The molecule has 0 aromatic carbocycles. The second-order valence-corrected chi connectivity index (χ2v) is 14.1. The van der Waals surface area contributed by atoms with Gasteiger partial charge >= 0.3 is 0 Å². The van der Waals surface area contributed by atoms with Gasteiger partial charge in [-0.1, -0.05) is 59.3 Å². The Bertz CT molecular complexity index is 910. The Hall–Kier alpha value is -3.58. The van der Waals surface area contributed by atoms with Crippen molar-refractivity contribution in [3.63, 3.8) is 0 Å². The van der Waals surface area contributed by atoms with Crippen molar-refractivity contribution in [2.75, 3.05) is 70.7 Å². The average molecular weight is 902 g/mol. The molecule has 17 nitrogen and oxygen atoms in total. The van der Waals surface area contributed by atoms with E-state index >= 15 is 0 Å². The molecular formula is C41H91N9O8S2. The topological polar surface area (TPSA) is 245 Å². The Morgan fingerprint density at radius 2 is 0.650 bits per heavy atom. The molecule has 0 spiro atoms. The fourth-order valence-electron chi connectivity index (χ4n) is 2.97. The minimum absolute atomic E-state index is 0.00523. The van der Waals surface area contributed by atoms with Crippen LogP contribution >= 0.6 is 23.5 Å². The highest BCUT2D eigenvalue weighted by Gasteiger charge is 1.92. The molecule has 0 aliphatic rings. The SMILES string of the molecule is CCCCCCCCNC(C)=O.CCCCNC(C)=O.CCCNC(C)=O.CCNC(C)=O.CCNC(C)=O.CNCNC(C)=O.CSCNC(C)=O.CSCNC(C)=O. The van der Waals surface area contributed by atoms with Gasteiger partial charge in [0.2, 0.25) is 47.3 Å². The number of thioether (sulfide) groups is 2. The zero-order chi connectivity index (χ0) is 48.4. The van der Waals surface area contributed by atoms with Gasteiger partial charge in [0.05, 0.1) is 18.4 Å². The molecule has 0 atom stereocenters. The zero-order valence-electron chi connectivity index (χ0n) is 40.6. The largest absolute Gasteiger partial charge is 0.357 e. The average Bonchev–Trinajstić information content (AvgIpc) is 3.15. The highest BCUT2D eigenvalue weighted by molar-refractivity contribution is 7.98. The first-order valence-corrected chi connectivity index (χ1v) is 23.5. The van der Waals surface area contributed by atoms with Crippen molar-refractivity contribution in [1.29, 1.82) is 0 Å². The Kier molecular flexibility index (Phi) is 86.2. The summed E-state index contributed by atoms with van der Waals surface area (Å²) in [5, 5.41) is 23.9. The first-order chi connectivity index (χ1) is 28.2. The number of rotatable bonds is 20. The maximum absolute atomic E-state index is 10.5. The van der Waals surface area contributed by atoms with Crippen LogP contribution in [0.3, 0.4) is 0 Å². The molecule has 0 unspecified atom stereocenters. The van der Waals surface area contributed by atoms with Crippen LogP contribution in [-0.4, -0.2) is 118 Å². The van der Waals surface area contributed by atoms with E-state index in [-0.39, 0.29) is 47.3 Å². The maximum atomic E-state index is 10.5. The molecule has 360 valence electrons. The molecule has 60 heavy (non-hydrogen) atoms. The van der Waals surface area contributed by atoms with Crippen molar-refractivity contribution in [3.05, 3.63) is 0 Å². The van der Waals surface area contributed by atoms with E-state index in [0.29, 0.717) is 6.67 Å². The highest BCUT2D eigenvalue weighted by atomic mass is 32.2. The summed E-state index contributed by atoms with van der Waals surface area (Å²) in [6, 6.07) is 0. The third-order valence-corrected chi connectivity index (χ3v) is 6.59. The van der Waals surface area contributed by atoms with Crippen molar-refractivity contribution >= 4 is 70.8 Å². The predicted octanol–water partition coefficient (Wildman–Crippen LogP) is 4.41. The first-order valence-electron chi connectivity index (χ1n) is 20.7. The molecule has 0 rings (SSSR count). The summed E-state index contributed by atoms with van der Waals surface area (Å²) in [6.07, 6.45) is 14.8. The summed E-state index contributed by atoms with van der Waals surface area (Å²) < 4.78 is 0. The molecule has 0 heterocycles. The lowest BCUT2D eigenvalue weighted by Gasteiger charge is -2.01. The van der Waals surface area contributed by atoms with Gasteiger partial charge in [0.25, 0.3) is 0 Å². The molecule has 0 aliphatic carbocycles. The Balaban J connectivity index is -0.0000000868. The first kappa shape index (κ1) is 73.9. The van der Waals surface area contributed by atoms with Crippen LogP contribution in [0.4, 0.5) is 0 Å². The summed E-state index contributed by atoms with van der Waals surface area (Å²) in [4.78, 5) is 80.8. The van der Waals surface area contributed by atoms with E-state index in [0.717, 1.165) is 70.2 Å². The van der Waals surface area contributed by atoms with Crippen LogP contribution in [0.5, 0.6) is 0 Å². The molecule has 9 N–H and O–H groups in total. The number of hydrogen-bond acceptors (Lipinski definition) is 11. The molecular weight excluding hydrogens is 811 g/mol. The summed E-state index contributed by atoms with van der Waals surface area (Å²) in [6.45, 7) is 26.7. The second-order valence-electron chi connectivity index (χ2n) is 12.3. The molecule has 0 radical (unpaired) electrons. The molecule has 8 amide bonds. The predicted molar refractivity (Wildman–Crippen MR) is 255 cm³/mol. The van der Waals surface area contributed by atoms with E-state index in [1.165, 1.54) is 80.6 Å². The van der Waals surface area contributed by atoms with Crippen molar-refractivity contribution < 1.29 is 38.4 Å². The standard InChI is InChI=1S/C10H21NO.C6H13NO.C5H11NO.C4H10N2O.2C4H9NOS.2C4H9NO/c1-3-4-5-6-7-8-9-11-10(2)12;1-3-4-5-7-6(2)8;1-3-4-6-5(2)7;1-4(7)6-3-5-2;2*1-4(6)5-3-7-2;2*1-3-5-4(2)6/h3-9H2,1-2H3,(H,11,12);3-5H2,1-2H3,(H,7,8);3-4H2,1-2H3,(H,6,7);5H,3H2,1-2H3,(H,6,7);2*3H2,1-2H3,(H,5,6);2*3H2,1-2H3,(H,5,6). The number of unbranched alkanes of at least 4 members (excludes halogenated alkanes) is 6. The molecule has 0 saturated carbocycles. The maximum Gasteiger partial charge on any atom is 0.217 e. The number of nitrogens with one attached hydrogen (secondary N) is 9. The van der Waals surface area contributed by atoms with Gasteiger partial charge in [-0.15, -0.1) is 23.5 Å². The minimum Gasteiger partial charge on any atom is -0.357 e. The van der Waals surface area contributed by atoms with E-state index in [1.54, 1.807) is 37.5 Å². The van der Waals surface area contributed by atoms with Gasteiger partial charge in [0, 0.05) is 88.1 Å². The molecule has 0 aromatic rings. The lowest BCUT2D eigenvalue weighted by molar-refractivity contribution is -0.119. The normalized spacial score (nSPS) is 8.53. The van der Waals surface area contributed by atoms with E-state index in [2.05, 4.69) is 61.7 Å². The third kappa shape index (κ3) is 148. The molecule has 19 heteroatoms. The van der Waals surface area contributed by atoms with Crippen LogP contribution in [0.1, 0.15) is 148 Å². The molecule has 0 aliphatic heterocycles. The van der Waals surface area contributed by atoms with Gasteiger partial charge in [-0.3, -0.25) is 38.4 Å². The van der Waals surface area contributed by atoms with Gasteiger partial charge in [-0.25, -0.2) is 0 Å². The van der Waals surface area contributed by atoms with E-state index in [1.807, 2.05) is 33.3 Å². The molecule has 0 aromatic heterocycles. The van der Waals surface area contributed by atoms with Crippen LogP contribution in [0.25, 0.3) is 0 Å². The lowest BCUT2D eigenvalue weighted by Crippen LogP contribution is -2.29. The van der Waals surface area contributed by atoms with Crippen LogP contribution in [0.15, 0.2) is 0 Å². The van der Waals surface area contributed by atoms with Crippen LogP contribution in [0, 0.1) is 0 Å². The summed E-state index contributed by atoms with van der Waals surface area (Å²) in [7, 11) is 1.77. The Labute approximate surface area is 374 Å². The minimum atomic E-state index is -0.00523. The Morgan fingerprint density at radius 1 is 0.350 bits per heavy atom. The van der Waals surface area contributed by atoms with Crippen LogP contribution < -0.4 is 47.9 Å². The number of carbonyl (C=O) groups excluding carboxylic acids is 8.